The van der Waals surface area contributed by atoms with Gasteiger partial charge in [0.25, 0.3) is 0 Å². The van der Waals surface area contributed by atoms with Crippen molar-refractivity contribution in [3.05, 3.63) is 0 Å². The zero-order chi connectivity index (χ0) is 16.0. The van der Waals surface area contributed by atoms with E-state index >= 15 is 0 Å². The number of piperidine rings is 1. The summed E-state index contributed by atoms with van der Waals surface area (Å²) in [4.78, 5) is 25.4. The van der Waals surface area contributed by atoms with Crippen LogP contribution in [0.2, 0.25) is 0 Å². The molecular weight excluding hydrogens is 266 g/mol. The summed E-state index contributed by atoms with van der Waals surface area (Å²) in [6.45, 7) is 10.7. The van der Waals surface area contributed by atoms with E-state index in [1.54, 1.807) is 0 Å². The van der Waals surface area contributed by atoms with E-state index in [1.165, 1.54) is 6.92 Å². The average Bonchev–Trinajstić information content (AvgIpc) is 2.41. The molecule has 1 rings (SSSR count). The molecule has 1 aliphatic heterocycles. The molecule has 0 bridgehead atoms. The summed E-state index contributed by atoms with van der Waals surface area (Å²) in [5.74, 6) is 0.626. The highest BCUT2D eigenvalue weighted by Crippen LogP contribution is 2.26. The van der Waals surface area contributed by atoms with Gasteiger partial charge in [0.1, 0.15) is 0 Å². The summed E-state index contributed by atoms with van der Waals surface area (Å²) in [5, 5.41) is 2.86. The van der Waals surface area contributed by atoms with Gasteiger partial charge in [-0.25, -0.2) is 0 Å². The molecule has 122 valence electrons. The molecule has 1 fully saturated rings. The molecule has 1 saturated heterocycles. The Balaban J connectivity index is 2.45. The van der Waals surface area contributed by atoms with Crippen LogP contribution in [-0.2, 0) is 9.59 Å². The first-order valence-corrected chi connectivity index (χ1v) is 7.96. The highest BCUT2D eigenvalue weighted by atomic mass is 16.2. The molecule has 0 saturated carbocycles. The number of likely N-dealkylation sites (tertiary alicyclic amines) is 1. The van der Waals surface area contributed by atoms with Gasteiger partial charge < -0.3 is 16.0 Å². The number of nitrogens with one attached hydrogen (secondary N) is 1. The third kappa shape index (κ3) is 6.46. The molecule has 5 heteroatoms. The highest BCUT2D eigenvalue weighted by molar-refractivity contribution is 5.79. The van der Waals surface area contributed by atoms with Crippen molar-refractivity contribution in [2.24, 2.45) is 23.0 Å². The summed E-state index contributed by atoms with van der Waals surface area (Å²) in [7, 11) is 0. The number of rotatable bonds is 5. The second-order valence-corrected chi connectivity index (χ2v) is 7.40. The van der Waals surface area contributed by atoms with Crippen LogP contribution >= 0.6 is 0 Å². The second kappa shape index (κ2) is 7.78. The van der Waals surface area contributed by atoms with Crippen molar-refractivity contribution in [1.82, 2.24) is 10.2 Å². The Hall–Kier alpha value is -1.10. The smallest absolute Gasteiger partial charge is 0.226 e. The number of nitrogens with two attached hydrogens (primary N) is 1. The zero-order valence-electron chi connectivity index (χ0n) is 13.9. The normalized spacial score (nSPS) is 18.4. The predicted molar refractivity (Wildman–Crippen MR) is 84.6 cm³/mol. The Bertz CT molecular complexity index is 355. The van der Waals surface area contributed by atoms with Crippen molar-refractivity contribution in [3.63, 3.8) is 0 Å². The number of carbonyl (C=O) groups excluding carboxylic acids is 2. The lowest BCUT2D eigenvalue weighted by Gasteiger charge is -2.35. The van der Waals surface area contributed by atoms with Crippen LogP contribution in [0.5, 0.6) is 0 Å². The fraction of sp³-hybridized carbons (Fsp3) is 0.875. The molecule has 0 aromatic carbocycles. The van der Waals surface area contributed by atoms with Gasteiger partial charge in [-0.05, 0) is 30.6 Å². The topological polar surface area (TPSA) is 75.4 Å². The number of hydrogen-bond acceptors (Lipinski definition) is 3. The standard InChI is InChI=1S/C16H31N3O2/c1-12(20)18-11-13-5-7-19(8-6-13)15(21)14(10-17)9-16(2,3)4/h13-14H,5-11,17H2,1-4H3,(H,18,20). The van der Waals surface area contributed by atoms with Gasteiger partial charge in [0.05, 0.1) is 5.92 Å². The first-order valence-electron chi connectivity index (χ1n) is 7.96. The minimum absolute atomic E-state index is 0.0156. The molecule has 1 atom stereocenters. The monoisotopic (exact) mass is 297 g/mol. The Labute approximate surface area is 128 Å². The van der Waals surface area contributed by atoms with Crippen molar-refractivity contribution in [3.8, 4) is 0 Å². The summed E-state index contributed by atoms with van der Waals surface area (Å²) >= 11 is 0. The fourth-order valence-corrected chi connectivity index (χ4v) is 2.91. The van der Waals surface area contributed by atoms with E-state index in [4.69, 9.17) is 5.73 Å². The number of nitrogens with zero attached hydrogens (tertiary/aromatic N) is 1. The molecule has 1 aliphatic rings. The van der Waals surface area contributed by atoms with Crippen molar-refractivity contribution < 1.29 is 9.59 Å². The molecule has 3 N–H and O–H groups in total. The molecule has 0 aromatic heterocycles. The van der Waals surface area contributed by atoms with Gasteiger partial charge in [0.2, 0.25) is 11.8 Å². The largest absolute Gasteiger partial charge is 0.356 e. The minimum atomic E-state index is -0.0723. The van der Waals surface area contributed by atoms with Crippen LogP contribution in [-0.4, -0.2) is 42.9 Å². The van der Waals surface area contributed by atoms with E-state index in [1.807, 2.05) is 4.90 Å². The van der Waals surface area contributed by atoms with Crippen LogP contribution in [0, 0.1) is 17.3 Å². The molecule has 2 amide bonds. The summed E-state index contributed by atoms with van der Waals surface area (Å²) in [5.41, 5.74) is 5.92. The maximum absolute atomic E-state index is 12.6. The summed E-state index contributed by atoms with van der Waals surface area (Å²) < 4.78 is 0. The molecule has 1 heterocycles. The third-order valence-corrected chi connectivity index (χ3v) is 4.06. The average molecular weight is 297 g/mol. The third-order valence-electron chi connectivity index (χ3n) is 4.06. The van der Waals surface area contributed by atoms with Gasteiger partial charge in [0.15, 0.2) is 0 Å². The van der Waals surface area contributed by atoms with E-state index in [0.717, 1.165) is 38.9 Å². The molecule has 5 nitrogen and oxygen atoms in total. The molecule has 0 aromatic rings. The molecule has 0 radical (unpaired) electrons. The predicted octanol–water partition coefficient (Wildman–Crippen LogP) is 1.37. The van der Waals surface area contributed by atoms with Crippen molar-refractivity contribution >= 4 is 11.8 Å². The molecule has 1 unspecified atom stereocenters. The number of hydrogen-bond donors (Lipinski definition) is 2. The van der Waals surface area contributed by atoms with Gasteiger partial charge in [-0.2, -0.15) is 0 Å². The molecule has 0 aliphatic carbocycles. The van der Waals surface area contributed by atoms with Crippen LogP contribution in [0.25, 0.3) is 0 Å². The summed E-state index contributed by atoms with van der Waals surface area (Å²) in [6, 6.07) is 0. The van der Waals surface area contributed by atoms with Gasteiger partial charge in [-0.15, -0.1) is 0 Å². The Morgan fingerprint density at radius 2 is 1.86 bits per heavy atom. The van der Waals surface area contributed by atoms with E-state index in [9.17, 15) is 9.59 Å². The van der Waals surface area contributed by atoms with E-state index in [2.05, 4.69) is 26.1 Å². The lowest BCUT2D eigenvalue weighted by Crippen LogP contribution is -2.46. The van der Waals surface area contributed by atoms with Crippen LogP contribution < -0.4 is 11.1 Å². The Morgan fingerprint density at radius 3 is 2.29 bits per heavy atom. The zero-order valence-corrected chi connectivity index (χ0v) is 13.9. The van der Waals surface area contributed by atoms with Crippen LogP contribution in [0.1, 0.15) is 47.0 Å². The van der Waals surface area contributed by atoms with E-state index in [0.29, 0.717) is 12.5 Å². The van der Waals surface area contributed by atoms with Gasteiger partial charge >= 0.3 is 0 Å². The van der Waals surface area contributed by atoms with Crippen LogP contribution in [0.3, 0.4) is 0 Å². The minimum Gasteiger partial charge on any atom is -0.356 e. The first kappa shape index (κ1) is 18.0. The quantitative estimate of drug-likeness (QED) is 0.805. The van der Waals surface area contributed by atoms with Gasteiger partial charge in [0, 0.05) is 33.1 Å². The second-order valence-electron chi connectivity index (χ2n) is 7.40. The SMILES string of the molecule is CC(=O)NCC1CCN(C(=O)C(CN)CC(C)(C)C)CC1. The first-order chi connectivity index (χ1) is 9.73. The van der Waals surface area contributed by atoms with Gasteiger partial charge in [-0.3, -0.25) is 9.59 Å². The number of amides is 2. The highest BCUT2D eigenvalue weighted by Gasteiger charge is 2.30. The van der Waals surface area contributed by atoms with Crippen LogP contribution in [0.15, 0.2) is 0 Å². The fourth-order valence-electron chi connectivity index (χ4n) is 2.91. The van der Waals surface area contributed by atoms with Crippen molar-refractivity contribution in [2.45, 2.75) is 47.0 Å². The van der Waals surface area contributed by atoms with Gasteiger partial charge in [-0.1, -0.05) is 20.8 Å². The van der Waals surface area contributed by atoms with E-state index < -0.39 is 0 Å². The molecule has 21 heavy (non-hydrogen) atoms. The summed E-state index contributed by atoms with van der Waals surface area (Å²) in [6.07, 6.45) is 2.74. The maximum atomic E-state index is 12.6. The lowest BCUT2D eigenvalue weighted by atomic mass is 9.83. The Kier molecular flexibility index (Phi) is 6.65. The molecule has 0 spiro atoms. The lowest BCUT2D eigenvalue weighted by molar-refractivity contribution is -0.137. The Morgan fingerprint density at radius 1 is 1.29 bits per heavy atom. The maximum Gasteiger partial charge on any atom is 0.226 e. The molecular formula is C16H31N3O2. The number of carbonyl (C=O) groups is 2. The van der Waals surface area contributed by atoms with E-state index in [-0.39, 0.29) is 23.1 Å². The van der Waals surface area contributed by atoms with Crippen molar-refractivity contribution in [2.75, 3.05) is 26.2 Å². The van der Waals surface area contributed by atoms with Crippen LogP contribution in [0.4, 0.5) is 0 Å². The van der Waals surface area contributed by atoms with Crippen molar-refractivity contribution in [1.29, 1.82) is 0 Å².